The van der Waals surface area contributed by atoms with Gasteiger partial charge in [-0.05, 0) is 58.9 Å². The van der Waals surface area contributed by atoms with E-state index in [1.54, 1.807) is 17.4 Å². The van der Waals surface area contributed by atoms with E-state index in [1.807, 2.05) is 18.2 Å². The minimum Gasteiger partial charge on any atom is -0.356 e. The minimum absolute atomic E-state index is 0.00832. The Kier molecular flexibility index (Phi) is 4.07. The highest BCUT2D eigenvalue weighted by molar-refractivity contribution is 7.17. The summed E-state index contributed by atoms with van der Waals surface area (Å²) in [6, 6.07) is 14.9. The van der Waals surface area contributed by atoms with Gasteiger partial charge in [-0.1, -0.05) is 30.3 Å². The minimum atomic E-state index is -0.233. The summed E-state index contributed by atoms with van der Waals surface area (Å²) in [5.41, 5.74) is 2.22. The van der Waals surface area contributed by atoms with Crippen LogP contribution in [0.2, 0.25) is 0 Å². The van der Waals surface area contributed by atoms with Crippen molar-refractivity contribution < 1.29 is 9.18 Å². The first-order chi connectivity index (χ1) is 11.7. The van der Waals surface area contributed by atoms with E-state index in [1.165, 1.54) is 27.8 Å². The molecule has 1 aliphatic rings. The lowest BCUT2D eigenvalue weighted by atomic mass is 10.1. The molecule has 4 rings (SSSR count). The van der Waals surface area contributed by atoms with E-state index in [2.05, 4.69) is 22.8 Å². The molecular formula is C20H18FNOS. The van der Waals surface area contributed by atoms with Gasteiger partial charge in [0.1, 0.15) is 5.82 Å². The molecule has 1 saturated carbocycles. The summed E-state index contributed by atoms with van der Waals surface area (Å²) in [5.74, 6) is 0.0142. The largest absolute Gasteiger partial charge is 0.356 e. The van der Waals surface area contributed by atoms with Gasteiger partial charge in [-0.2, -0.15) is 0 Å². The first-order valence-electron chi connectivity index (χ1n) is 8.20. The Balaban J connectivity index is 1.32. The molecule has 2 aromatic carbocycles. The highest BCUT2D eigenvalue weighted by atomic mass is 32.1. The molecular weight excluding hydrogens is 321 g/mol. The van der Waals surface area contributed by atoms with Crippen LogP contribution in [0, 0.1) is 11.7 Å². The predicted octanol–water partition coefficient (Wildman–Crippen LogP) is 4.50. The second-order valence-electron chi connectivity index (χ2n) is 6.30. The molecule has 0 bridgehead atoms. The number of hydrogen-bond acceptors (Lipinski definition) is 2. The fourth-order valence-corrected chi connectivity index (χ4v) is 4.27. The average molecular weight is 339 g/mol. The van der Waals surface area contributed by atoms with Gasteiger partial charge in [0.15, 0.2) is 0 Å². The highest BCUT2D eigenvalue weighted by Gasteiger charge is 2.43. The van der Waals surface area contributed by atoms with Gasteiger partial charge in [-0.3, -0.25) is 4.79 Å². The highest BCUT2D eigenvalue weighted by Crippen LogP contribution is 2.47. The molecule has 1 fully saturated rings. The second-order valence-corrected chi connectivity index (χ2v) is 7.21. The first-order valence-corrected chi connectivity index (χ1v) is 9.08. The molecule has 0 saturated heterocycles. The molecule has 1 aliphatic carbocycles. The maximum Gasteiger partial charge on any atom is 0.223 e. The molecule has 1 N–H and O–H groups in total. The molecule has 1 heterocycles. The number of fused-ring (bicyclic) bond motifs is 1. The topological polar surface area (TPSA) is 29.1 Å². The monoisotopic (exact) mass is 339 g/mol. The zero-order chi connectivity index (χ0) is 16.5. The number of rotatable bonds is 5. The van der Waals surface area contributed by atoms with Crippen LogP contribution < -0.4 is 5.32 Å². The summed E-state index contributed by atoms with van der Waals surface area (Å²) < 4.78 is 14.6. The standard InChI is InChI=1S/C20H18FNOS/c21-15-5-3-4-13(10-15)17-11-18(17)20(23)22-9-8-14-12-24-19-7-2-1-6-16(14)19/h1-7,10,12,17-18H,8-9,11H2,(H,22,23). The van der Waals surface area contributed by atoms with Crippen molar-refractivity contribution in [3.05, 3.63) is 70.9 Å². The number of carbonyl (C=O) groups is 1. The van der Waals surface area contributed by atoms with E-state index in [0.29, 0.717) is 6.54 Å². The van der Waals surface area contributed by atoms with Crippen molar-refractivity contribution in [2.45, 2.75) is 18.8 Å². The summed E-state index contributed by atoms with van der Waals surface area (Å²) in [5, 5.41) is 6.48. The van der Waals surface area contributed by atoms with E-state index in [0.717, 1.165) is 18.4 Å². The van der Waals surface area contributed by atoms with E-state index in [-0.39, 0.29) is 23.6 Å². The molecule has 0 aliphatic heterocycles. The van der Waals surface area contributed by atoms with Gasteiger partial charge in [-0.25, -0.2) is 4.39 Å². The van der Waals surface area contributed by atoms with Crippen LogP contribution >= 0.6 is 11.3 Å². The SMILES string of the molecule is O=C(NCCc1csc2ccccc12)C1CC1c1cccc(F)c1. The van der Waals surface area contributed by atoms with E-state index in [9.17, 15) is 9.18 Å². The van der Waals surface area contributed by atoms with Gasteiger partial charge in [0.05, 0.1) is 0 Å². The van der Waals surface area contributed by atoms with Crippen molar-refractivity contribution in [3.8, 4) is 0 Å². The molecule has 2 atom stereocenters. The molecule has 1 aromatic heterocycles. The van der Waals surface area contributed by atoms with Crippen LogP contribution in [-0.2, 0) is 11.2 Å². The Hall–Kier alpha value is -2.20. The Morgan fingerprint density at radius 1 is 1.21 bits per heavy atom. The Morgan fingerprint density at radius 2 is 2.08 bits per heavy atom. The average Bonchev–Trinajstić information content (AvgIpc) is 3.30. The molecule has 0 radical (unpaired) electrons. The second kappa shape index (κ2) is 6.36. The number of benzene rings is 2. The fourth-order valence-electron chi connectivity index (χ4n) is 3.27. The predicted molar refractivity (Wildman–Crippen MR) is 95.8 cm³/mol. The van der Waals surface area contributed by atoms with Crippen LogP contribution in [0.5, 0.6) is 0 Å². The Bertz CT molecular complexity index is 888. The molecule has 1 amide bonds. The molecule has 0 spiro atoms. The first kappa shape index (κ1) is 15.3. The molecule has 122 valence electrons. The summed E-state index contributed by atoms with van der Waals surface area (Å²) in [6.45, 7) is 0.645. The number of nitrogens with one attached hydrogen (secondary N) is 1. The number of carbonyl (C=O) groups excluding carboxylic acids is 1. The molecule has 4 heteroatoms. The van der Waals surface area contributed by atoms with E-state index >= 15 is 0 Å². The van der Waals surface area contributed by atoms with Gasteiger partial charge in [0.2, 0.25) is 5.91 Å². The molecule has 24 heavy (non-hydrogen) atoms. The number of thiophene rings is 1. The third-order valence-electron chi connectivity index (χ3n) is 4.66. The maximum absolute atomic E-state index is 13.3. The normalized spacial score (nSPS) is 19.4. The van der Waals surface area contributed by atoms with Gasteiger partial charge in [0.25, 0.3) is 0 Å². The van der Waals surface area contributed by atoms with Crippen LogP contribution in [0.4, 0.5) is 4.39 Å². The lowest BCUT2D eigenvalue weighted by Gasteiger charge is -2.05. The van der Waals surface area contributed by atoms with Crippen molar-refractivity contribution in [1.29, 1.82) is 0 Å². The fraction of sp³-hybridized carbons (Fsp3) is 0.250. The summed E-state index contributed by atoms with van der Waals surface area (Å²) >= 11 is 1.74. The Morgan fingerprint density at radius 3 is 2.96 bits per heavy atom. The summed E-state index contributed by atoms with van der Waals surface area (Å²) in [6.07, 6.45) is 1.66. The van der Waals surface area contributed by atoms with Crippen LogP contribution in [0.25, 0.3) is 10.1 Å². The van der Waals surface area contributed by atoms with Gasteiger partial charge >= 0.3 is 0 Å². The van der Waals surface area contributed by atoms with Gasteiger partial charge < -0.3 is 5.32 Å². The zero-order valence-corrected chi connectivity index (χ0v) is 14.0. The third-order valence-corrected chi connectivity index (χ3v) is 5.67. The van der Waals surface area contributed by atoms with Crippen molar-refractivity contribution in [3.63, 3.8) is 0 Å². The van der Waals surface area contributed by atoms with Crippen LogP contribution in [0.3, 0.4) is 0 Å². The lowest BCUT2D eigenvalue weighted by Crippen LogP contribution is -2.27. The number of halogens is 1. The van der Waals surface area contributed by atoms with Crippen LogP contribution in [0.1, 0.15) is 23.5 Å². The molecule has 2 unspecified atom stereocenters. The van der Waals surface area contributed by atoms with Gasteiger partial charge in [0, 0.05) is 17.2 Å². The van der Waals surface area contributed by atoms with Crippen molar-refractivity contribution >= 4 is 27.3 Å². The lowest BCUT2D eigenvalue weighted by molar-refractivity contribution is -0.122. The van der Waals surface area contributed by atoms with E-state index in [4.69, 9.17) is 0 Å². The smallest absolute Gasteiger partial charge is 0.223 e. The third kappa shape index (κ3) is 3.06. The quantitative estimate of drug-likeness (QED) is 0.728. The zero-order valence-electron chi connectivity index (χ0n) is 13.2. The van der Waals surface area contributed by atoms with Crippen molar-refractivity contribution in [2.75, 3.05) is 6.54 Å². The summed E-state index contributed by atoms with van der Waals surface area (Å²) in [7, 11) is 0. The number of amides is 1. The van der Waals surface area contributed by atoms with E-state index < -0.39 is 0 Å². The van der Waals surface area contributed by atoms with Gasteiger partial charge in [-0.15, -0.1) is 11.3 Å². The van der Waals surface area contributed by atoms with Crippen molar-refractivity contribution in [1.82, 2.24) is 5.32 Å². The van der Waals surface area contributed by atoms with Crippen molar-refractivity contribution in [2.24, 2.45) is 5.92 Å². The maximum atomic E-state index is 13.3. The summed E-state index contributed by atoms with van der Waals surface area (Å²) in [4.78, 5) is 12.3. The van der Waals surface area contributed by atoms with Crippen LogP contribution in [0.15, 0.2) is 53.9 Å². The number of hydrogen-bond donors (Lipinski definition) is 1. The molecule has 3 aromatic rings. The Labute approximate surface area is 144 Å². The van der Waals surface area contributed by atoms with Crippen LogP contribution in [-0.4, -0.2) is 12.5 Å². The molecule has 2 nitrogen and oxygen atoms in total.